The Labute approximate surface area is 202 Å². The van der Waals surface area contributed by atoms with Crippen molar-refractivity contribution in [1.29, 1.82) is 0 Å². The van der Waals surface area contributed by atoms with Gasteiger partial charge in [0.05, 0.1) is 13.1 Å². The van der Waals surface area contributed by atoms with Crippen LogP contribution in [0.3, 0.4) is 0 Å². The maximum atomic E-state index is 2.43. The zero-order valence-corrected chi connectivity index (χ0v) is 22.5. The number of hydrogen-bond donors (Lipinski definition) is 0. The summed E-state index contributed by atoms with van der Waals surface area (Å²) in [4.78, 5) is 0. The molecule has 0 saturated heterocycles. The quantitative estimate of drug-likeness (QED) is 0.110. The molecule has 2 nitrogen and oxygen atoms in total. The van der Waals surface area contributed by atoms with E-state index in [4.69, 9.17) is 0 Å². The molecule has 0 aliphatic carbocycles. The number of imidazole rings is 1. The van der Waals surface area contributed by atoms with E-state index in [-0.39, 0.29) is 0 Å². The maximum absolute atomic E-state index is 2.43. The average Bonchev–Trinajstić information content (AvgIpc) is 3.23. The molecule has 0 aliphatic heterocycles. The SMILES string of the molecule is CCCCCCCCCCCCCn1cc[n+](CC(C)CCCCCCCCCCC)c1. The standard InChI is InChI=1S/C30H59N2/c1-4-6-8-10-12-14-15-17-19-21-23-25-31-26-27-32(29-31)28-30(3)24-22-20-18-16-13-11-9-7-5-2/h26-27,29-30H,4-25,28H2,1-3H3/q+1. The van der Waals surface area contributed by atoms with Crippen LogP contribution in [-0.4, -0.2) is 4.57 Å². The zero-order valence-electron chi connectivity index (χ0n) is 22.5. The molecule has 1 aromatic heterocycles. The summed E-state index contributed by atoms with van der Waals surface area (Å²) in [5, 5.41) is 0. The molecule has 0 bridgehead atoms. The van der Waals surface area contributed by atoms with Gasteiger partial charge in [0.1, 0.15) is 12.4 Å². The van der Waals surface area contributed by atoms with Gasteiger partial charge in [-0.25, -0.2) is 9.13 Å². The highest BCUT2D eigenvalue weighted by Gasteiger charge is 2.09. The van der Waals surface area contributed by atoms with E-state index >= 15 is 0 Å². The average molecular weight is 448 g/mol. The topological polar surface area (TPSA) is 8.81 Å². The minimum absolute atomic E-state index is 0.794. The van der Waals surface area contributed by atoms with E-state index in [0.29, 0.717) is 0 Å². The Bertz CT molecular complexity index is 493. The minimum atomic E-state index is 0.794. The third-order valence-electron chi connectivity index (χ3n) is 7.09. The summed E-state index contributed by atoms with van der Waals surface area (Å²) in [6.45, 7) is 9.40. The van der Waals surface area contributed by atoms with Crippen molar-refractivity contribution in [2.75, 3.05) is 0 Å². The van der Waals surface area contributed by atoms with Crippen LogP contribution in [0, 0.1) is 5.92 Å². The number of rotatable bonds is 24. The van der Waals surface area contributed by atoms with Gasteiger partial charge >= 0.3 is 0 Å². The molecule has 188 valence electrons. The molecular formula is C30H59N2+. The molecule has 1 heterocycles. The first-order valence-corrected chi connectivity index (χ1v) is 14.8. The van der Waals surface area contributed by atoms with Crippen LogP contribution >= 0.6 is 0 Å². The fourth-order valence-corrected chi connectivity index (χ4v) is 4.89. The van der Waals surface area contributed by atoms with Crippen LogP contribution < -0.4 is 4.57 Å². The Hall–Kier alpha value is -0.790. The lowest BCUT2D eigenvalue weighted by molar-refractivity contribution is -0.702. The number of aryl methyl sites for hydroxylation is 1. The largest absolute Gasteiger partial charge is 0.243 e. The fourth-order valence-electron chi connectivity index (χ4n) is 4.89. The Balaban J connectivity index is 1.94. The van der Waals surface area contributed by atoms with Crippen molar-refractivity contribution < 1.29 is 4.57 Å². The minimum Gasteiger partial charge on any atom is -0.237 e. The highest BCUT2D eigenvalue weighted by molar-refractivity contribution is 4.66. The fraction of sp³-hybridized carbons (Fsp3) is 0.900. The van der Waals surface area contributed by atoms with Crippen molar-refractivity contribution in [3.05, 3.63) is 18.7 Å². The predicted molar refractivity (Wildman–Crippen MR) is 142 cm³/mol. The highest BCUT2D eigenvalue weighted by Crippen LogP contribution is 2.14. The zero-order chi connectivity index (χ0) is 23.1. The van der Waals surface area contributed by atoms with E-state index in [9.17, 15) is 0 Å². The van der Waals surface area contributed by atoms with E-state index in [0.717, 1.165) is 5.92 Å². The van der Waals surface area contributed by atoms with Crippen LogP contribution in [0.5, 0.6) is 0 Å². The smallest absolute Gasteiger partial charge is 0.237 e. The number of nitrogens with zero attached hydrogens (tertiary/aromatic N) is 2. The lowest BCUT2D eigenvalue weighted by Gasteiger charge is -2.08. The lowest BCUT2D eigenvalue weighted by Crippen LogP contribution is -2.34. The Morgan fingerprint density at radius 3 is 1.53 bits per heavy atom. The first kappa shape index (κ1) is 29.2. The van der Waals surface area contributed by atoms with Gasteiger partial charge in [-0.3, -0.25) is 0 Å². The molecule has 1 rings (SSSR count). The summed E-state index contributed by atoms with van der Waals surface area (Å²) in [5.41, 5.74) is 0. The first-order chi connectivity index (χ1) is 15.8. The second-order valence-electron chi connectivity index (χ2n) is 10.6. The Kier molecular flexibility index (Phi) is 20.1. The van der Waals surface area contributed by atoms with Gasteiger partial charge in [0.15, 0.2) is 0 Å². The third kappa shape index (κ3) is 17.7. The van der Waals surface area contributed by atoms with Gasteiger partial charge in [-0.2, -0.15) is 0 Å². The van der Waals surface area contributed by atoms with Gasteiger partial charge in [-0.05, 0) is 25.2 Å². The van der Waals surface area contributed by atoms with E-state index in [1.54, 1.807) is 0 Å². The van der Waals surface area contributed by atoms with Crippen molar-refractivity contribution in [2.24, 2.45) is 5.92 Å². The summed E-state index contributed by atoms with van der Waals surface area (Å²) in [7, 11) is 0. The van der Waals surface area contributed by atoms with Crippen LogP contribution in [-0.2, 0) is 13.1 Å². The molecule has 0 radical (unpaired) electrons. The molecule has 0 saturated carbocycles. The molecule has 1 atom stereocenters. The van der Waals surface area contributed by atoms with E-state index in [1.165, 1.54) is 148 Å². The van der Waals surface area contributed by atoms with Crippen LogP contribution in [0.2, 0.25) is 0 Å². The van der Waals surface area contributed by atoms with Crippen molar-refractivity contribution >= 4 is 0 Å². The van der Waals surface area contributed by atoms with Crippen molar-refractivity contribution in [3.8, 4) is 0 Å². The summed E-state index contributed by atoms with van der Waals surface area (Å²) >= 11 is 0. The molecule has 0 aliphatic rings. The van der Waals surface area contributed by atoms with Gasteiger partial charge < -0.3 is 0 Å². The van der Waals surface area contributed by atoms with E-state index in [2.05, 4.69) is 48.6 Å². The van der Waals surface area contributed by atoms with Gasteiger partial charge in [0.2, 0.25) is 6.33 Å². The van der Waals surface area contributed by atoms with Crippen molar-refractivity contribution in [2.45, 2.75) is 169 Å². The number of aromatic nitrogens is 2. The Morgan fingerprint density at radius 1 is 0.594 bits per heavy atom. The summed E-state index contributed by atoms with van der Waals surface area (Å²) in [6, 6.07) is 0. The molecule has 0 spiro atoms. The second kappa shape index (κ2) is 22.0. The van der Waals surface area contributed by atoms with Gasteiger partial charge in [0.25, 0.3) is 0 Å². The second-order valence-corrected chi connectivity index (χ2v) is 10.6. The number of hydrogen-bond acceptors (Lipinski definition) is 0. The van der Waals surface area contributed by atoms with Crippen LogP contribution in [0.4, 0.5) is 0 Å². The van der Waals surface area contributed by atoms with E-state index in [1.807, 2.05) is 0 Å². The highest BCUT2D eigenvalue weighted by atomic mass is 15.1. The van der Waals surface area contributed by atoms with Gasteiger partial charge in [-0.1, -0.05) is 136 Å². The molecular weight excluding hydrogens is 388 g/mol. The molecule has 1 unspecified atom stereocenters. The first-order valence-electron chi connectivity index (χ1n) is 14.8. The molecule has 0 N–H and O–H groups in total. The molecule has 0 aromatic carbocycles. The van der Waals surface area contributed by atoms with E-state index < -0.39 is 0 Å². The lowest BCUT2D eigenvalue weighted by atomic mass is 10.0. The summed E-state index contributed by atoms with van der Waals surface area (Å²) in [5.74, 6) is 0.794. The van der Waals surface area contributed by atoms with Crippen LogP contribution in [0.25, 0.3) is 0 Å². The maximum Gasteiger partial charge on any atom is 0.243 e. The Morgan fingerprint density at radius 2 is 1.03 bits per heavy atom. The third-order valence-corrected chi connectivity index (χ3v) is 7.09. The molecule has 2 heteroatoms. The summed E-state index contributed by atoms with van der Waals surface area (Å²) in [6.07, 6.45) is 36.8. The van der Waals surface area contributed by atoms with Crippen molar-refractivity contribution in [1.82, 2.24) is 4.57 Å². The van der Waals surface area contributed by atoms with Gasteiger partial charge in [-0.15, -0.1) is 0 Å². The normalized spacial score (nSPS) is 12.5. The molecule has 0 fully saturated rings. The molecule has 1 aromatic rings. The molecule has 0 amide bonds. The monoisotopic (exact) mass is 447 g/mol. The molecule has 32 heavy (non-hydrogen) atoms. The van der Waals surface area contributed by atoms with Crippen LogP contribution in [0.1, 0.15) is 156 Å². The number of unbranched alkanes of at least 4 members (excludes halogenated alkanes) is 18. The van der Waals surface area contributed by atoms with Crippen molar-refractivity contribution in [3.63, 3.8) is 0 Å². The van der Waals surface area contributed by atoms with Gasteiger partial charge in [0, 0.05) is 0 Å². The van der Waals surface area contributed by atoms with Crippen LogP contribution in [0.15, 0.2) is 18.7 Å². The predicted octanol–water partition coefficient (Wildman–Crippen LogP) is 9.64. The summed E-state index contributed by atoms with van der Waals surface area (Å²) < 4.78 is 4.82.